The Morgan fingerprint density at radius 2 is 1.67 bits per heavy atom. The van der Waals surface area contributed by atoms with Gasteiger partial charge in [0, 0.05) is 32.4 Å². The number of ether oxygens (including phenoxy) is 2. The molecule has 0 saturated carbocycles. The molecule has 0 spiro atoms. The van der Waals surface area contributed by atoms with Crippen molar-refractivity contribution in [2.24, 2.45) is 0 Å². The van der Waals surface area contributed by atoms with Crippen LogP contribution in [0.5, 0.6) is 11.5 Å². The number of anilines is 1. The van der Waals surface area contributed by atoms with Gasteiger partial charge in [-0.1, -0.05) is 18.2 Å². The molecule has 1 amide bonds. The summed E-state index contributed by atoms with van der Waals surface area (Å²) < 4.78 is 11.2. The van der Waals surface area contributed by atoms with E-state index in [4.69, 9.17) is 9.47 Å². The zero-order valence-electron chi connectivity index (χ0n) is 16.5. The summed E-state index contributed by atoms with van der Waals surface area (Å²) in [7, 11) is 4.00. The van der Waals surface area contributed by atoms with Crippen LogP contribution in [0.4, 0.5) is 5.69 Å². The molecule has 0 aliphatic rings. The van der Waals surface area contributed by atoms with Crippen LogP contribution in [-0.4, -0.2) is 33.2 Å². The molecular formula is C22H28N2O3. The lowest BCUT2D eigenvalue weighted by Gasteiger charge is -2.12. The zero-order chi connectivity index (χ0) is 19.6. The fourth-order valence-corrected chi connectivity index (χ4v) is 2.50. The highest BCUT2D eigenvalue weighted by Crippen LogP contribution is 2.29. The monoisotopic (exact) mass is 368 g/mol. The molecule has 0 aromatic heterocycles. The van der Waals surface area contributed by atoms with Gasteiger partial charge in [-0.05, 0) is 55.3 Å². The van der Waals surface area contributed by atoms with E-state index in [0.29, 0.717) is 31.3 Å². The molecule has 5 heteroatoms. The van der Waals surface area contributed by atoms with Gasteiger partial charge in [-0.3, -0.25) is 4.79 Å². The molecule has 27 heavy (non-hydrogen) atoms. The molecule has 2 rings (SSSR count). The van der Waals surface area contributed by atoms with Crippen LogP contribution in [0.2, 0.25) is 0 Å². The van der Waals surface area contributed by atoms with Gasteiger partial charge in [0.15, 0.2) is 11.5 Å². The van der Waals surface area contributed by atoms with Crippen molar-refractivity contribution in [3.8, 4) is 11.5 Å². The highest BCUT2D eigenvalue weighted by molar-refractivity contribution is 5.91. The minimum absolute atomic E-state index is 0.140. The molecule has 0 saturated heterocycles. The number of rotatable bonds is 9. The Kier molecular flexibility index (Phi) is 7.74. The van der Waals surface area contributed by atoms with Crippen molar-refractivity contribution in [3.63, 3.8) is 0 Å². The number of hydrogen-bond acceptors (Lipinski definition) is 4. The molecule has 2 aromatic rings. The highest BCUT2D eigenvalue weighted by Gasteiger charge is 2.05. The van der Waals surface area contributed by atoms with Crippen molar-refractivity contribution in [1.29, 1.82) is 0 Å². The fourth-order valence-electron chi connectivity index (χ4n) is 2.50. The van der Waals surface area contributed by atoms with Gasteiger partial charge in [0.25, 0.3) is 0 Å². The summed E-state index contributed by atoms with van der Waals surface area (Å²) in [4.78, 5) is 14.1. The van der Waals surface area contributed by atoms with Crippen LogP contribution in [0, 0.1) is 0 Å². The summed E-state index contributed by atoms with van der Waals surface area (Å²) >= 11 is 0. The van der Waals surface area contributed by atoms with Gasteiger partial charge in [0.1, 0.15) is 0 Å². The van der Waals surface area contributed by atoms with Crippen LogP contribution >= 0.6 is 0 Å². The average Bonchev–Trinajstić information content (AvgIpc) is 2.67. The molecule has 0 heterocycles. The first kappa shape index (κ1) is 20.4. The third kappa shape index (κ3) is 6.37. The first-order chi connectivity index (χ1) is 13.0. The first-order valence-corrected chi connectivity index (χ1v) is 9.15. The number of carbonyl (C=O) groups excluding carboxylic acids is 1. The fraction of sp³-hybridized carbons (Fsp3) is 0.318. The quantitative estimate of drug-likeness (QED) is 0.683. The van der Waals surface area contributed by atoms with E-state index in [2.05, 4.69) is 5.32 Å². The Morgan fingerprint density at radius 3 is 2.30 bits per heavy atom. The maximum absolute atomic E-state index is 12.1. The van der Waals surface area contributed by atoms with Crippen LogP contribution in [0.3, 0.4) is 0 Å². The van der Waals surface area contributed by atoms with E-state index in [9.17, 15) is 4.79 Å². The van der Waals surface area contributed by atoms with E-state index < -0.39 is 0 Å². The van der Waals surface area contributed by atoms with Gasteiger partial charge in [0.2, 0.25) is 5.91 Å². The largest absolute Gasteiger partial charge is 0.490 e. The molecule has 0 atom stereocenters. The minimum atomic E-state index is -0.140. The van der Waals surface area contributed by atoms with Crippen molar-refractivity contribution in [2.45, 2.75) is 20.4 Å². The van der Waals surface area contributed by atoms with Crippen LogP contribution in [0.1, 0.15) is 25.0 Å². The van der Waals surface area contributed by atoms with Crippen molar-refractivity contribution in [2.75, 3.05) is 32.2 Å². The minimum Gasteiger partial charge on any atom is -0.490 e. The Bertz CT molecular complexity index is 768. The number of benzene rings is 2. The Morgan fingerprint density at radius 1 is 1.00 bits per heavy atom. The molecule has 2 aromatic carbocycles. The lowest BCUT2D eigenvalue weighted by atomic mass is 10.1. The van der Waals surface area contributed by atoms with Gasteiger partial charge in [-0.15, -0.1) is 0 Å². The van der Waals surface area contributed by atoms with Crippen LogP contribution in [0.15, 0.2) is 48.5 Å². The lowest BCUT2D eigenvalue weighted by molar-refractivity contribution is -0.116. The number of carbonyl (C=O) groups is 1. The second-order valence-corrected chi connectivity index (χ2v) is 6.18. The summed E-state index contributed by atoms with van der Waals surface area (Å²) in [6.45, 7) is 5.48. The molecule has 0 fully saturated rings. The van der Waals surface area contributed by atoms with E-state index in [1.54, 1.807) is 6.08 Å². The van der Waals surface area contributed by atoms with Crippen LogP contribution in [0.25, 0.3) is 6.08 Å². The predicted octanol–water partition coefficient (Wildman–Crippen LogP) is 3.88. The molecular weight excluding hydrogens is 340 g/mol. The van der Waals surface area contributed by atoms with Crippen LogP contribution < -0.4 is 19.7 Å². The van der Waals surface area contributed by atoms with Crippen molar-refractivity contribution in [1.82, 2.24) is 5.32 Å². The SMILES string of the molecule is CCOc1ccc(/C=C/C(=O)NCc2ccc(N(C)C)cc2)cc1OCC. The molecule has 144 valence electrons. The first-order valence-electron chi connectivity index (χ1n) is 9.15. The Balaban J connectivity index is 1.94. The van der Waals surface area contributed by atoms with Gasteiger partial charge in [-0.25, -0.2) is 0 Å². The Labute approximate surface area is 161 Å². The maximum atomic E-state index is 12.1. The molecule has 0 bridgehead atoms. The Hall–Kier alpha value is -2.95. The molecule has 0 aliphatic heterocycles. The van der Waals surface area contributed by atoms with Gasteiger partial charge >= 0.3 is 0 Å². The van der Waals surface area contributed by atoms with E-state index in [1.807, 2.05) is 75.3 Å². The van der Waals surface area contributed by atoms with E-state index >= 15 is 0 Å². The number of nitrogens with one attached hydrogen (secondary N) is 1. The molecule has 0 radical (unpaired) electrons. The number of hydrogen-bond donors (Lipinski definition) is 1. The van der Waals surface area contributed by atoms with E-state index in [-0.39, 0.29) is 5.91 Å². The maximum Gasteiger partial charge on any atom is 0.244 e. The summed E-state index contributed by atoms with van der Waals surface area (Å²) in [5.74, 6) is 1.25. The summed E-state index contributed by atoms with van der Waals surface area (Å²) in [6, 6.07) is 13.7. The molecule has 1 N–H and O–H groups in total. The summed E-state index contributed by atoms with van der Waals surface area (Å²) in [6.07, 6.45) is 3.29. The second kappa shape index (κ2) is 10.3. The number of nitrogens with zero attached hydrogens (tertiary/aromatic N) is 1. The summed E-state index contributed by atoms with van der Waals surface area (Å²) in [5, 5.41) is 2.89. The lowest BCUT2D eigenvalue weighted by Crippen LogP contribution is -2.20. The normalized spacial score (nSPS) is 10.7. The number of amides is 1. The molecule has 0 unspecified atom stereocenters. The molecule has 0 aliphatic carbocycles. The second-order valence-electron chi connectivity index (χ2n) is 6.18. The van der Waals surface area contributed by atoms with E-state index in [1.165, 1.54) is 6.08 Å². The van der Waals surface area contributed by atoms with Crippen molar-refractivity contribution >= 4 is 17.7 Å². The highest BCUT2D eigenvalue weighted by atomic mass is 16.5. The average molecular weight is 368 g/mol. The predicted molar refractivity (Wildman–Crippen MR) is 110 cm³/mol. The van der Waals surface area contributed by atoms with Gasteiger partial charge < -0.3 is 19.7 Å². The third-order valence-corrected chi connectivity index (χ3v) is 3.91. The molecule has 5 nitrogen and oxygen atoms in total. The topological polar surface area (TPSA) is 50.8 Å². The van der Waals surface area contributed by atoms with E-state index in [0.717, 1.165) is 16.8 Å². The standard InChI is InChI=1S/C22H28N2O3/c1-5-26-20-13-9-17(15-21(20)27-6-2)10-14-22(25)23-16-18-7-11-19(12-8-18)24(3)4/h7-15H,5-6,16H2,1-4H3,(H,23,25)/b14-10+. The van der Waals surface area contributed by atoms with Gasteiger partial charge in [0.05, 0.1) is 13.2 Å². The van der Waals surface area contributed by atoms with Crippen molar-refractivity contribution < 1.29 is 14.3 Å². The van der Waals surface area contributed by atoms with Gasteiger partial charge in [-0.2, -0.15) is 0 Å². The summed E-state index contributed by atoms with van der Waals surface area (Å²) in [5.41, 5.74) is 3.07. The zero-order valence-corrected chi connectivity index (χ0v) is 16.5. The van der Waals surface area contributed by atoms with Crippen molar-refractivity contribution in [3.05, 3.63) is 59.7 Å². The smallest absolute Gasteiger partial charge is 0.244 e. The third-order valence-electron chi connectivity index (χ3n) is 3.91. The van der Waals surface area contributed by atoms with Crippen LogP contribution in [-0.2, 0) is 11.3 Å².